The molecule has 2 unspecified atom stereocenters. The van der Waals surface area contributed by atoms with Crippen LogP contribution >= 0.6 is 11.8 Å². The monoisotopic (exact) mass is 321 g/mol. The minimum Gasteiger partial charge on any atom is -0.251 e. The second kappa shape index (κ2) is 5.65. The summed E-state index contributed by atoms with van der Waals surface area (Å²) >= 11 is 1.56. The third kappa shape index (κ3) is 2.43. The fraction of sp³-hybridized carbons (Fsp3) is 0.500. The molecular formula is C16H17F2N3S. The van der Waals surface area contributed by atoms with Gasteiger partial charge in [0.05, 0.1) is 12.7 Å². The lowest BCUT2D eigenvalue weighted by molar-refractivity contribution is 0.252. The maximum atomic E-state index is 14.2. The van der Waals surface area contributed by atoms with Gasteiger partial charge in [-0.05, 0) is 24.3 Å². The highest BCUT2D eigenvalue weighted by atomic mass is 32.2. The van der Waals surface area contributed by atoms with Crippen molar-refractivity contribution in [2.45, 2.75) is 41.9 Å². The second-order valence-electron chi connectivity index (χ2n) is 6.06. The van der Waals surface area contributed by atoms with E-state index in [-0.39, 0.29) is 18.6 Å². The first-order valence-corrected chi connectivity index (χ1v) is 8.50. The molecule has 0 bridgehead atoms. The number of thioether (sulfide) groups is 1. The zero-order valence-corrected chi connectivity index (χ0v) is 12.8. The number of aromatic nitrogens is 3. The molecule has 2 heterocycles. The van der Waals surface area contributed by atoms with Crippen molar-refractivity contribution in [1.29, 1.82) is 0 Å². The zero-order valence-electron chi connectivity index (χ0n) is 12.0. The van der Waals surface area contributed by atoms with Gasteiger partial charge < -0.3 is 0 Å². The molecule has 0 saturated heterocycles. The quantitative estimate of drug-likeness (QED) is 0.848. The third-order valence-corrected chi connectivity index (χ3v) is 5.61. The molecule has 0 radical (unpaired) electrons. The Morgan fingerprint density at radius 3 is 2.68 bits per heavy atom. The van der Waals surface area contributed by atoms with Crippen LogP contribution in [0.4, 0.5) is 8.78 Å². The molecule has 2 atom stereocenters. The third-order valence-electron chi connectivity index (χ3n) is 4.51. The highest BCUT2D eigenvalue weighted by molar-refractivity contribution is 7.99. The summed E-state index contributed by atoms with van der Waals surface area (Å²) in [5, 5.41) is 5.50. The second-order valence-corrected chi connectivity index (χ2v) is 7.33. The molecule has 0 spiro atoms. The number of benzene rings is 1. The Morgan fingerprint density at radius 1 is 1.18 bits per heavy atom. The van der Waals surface area contributed by atoms with Gasteiger partial charge in [-0.3, -0.25) is 4.39 Å². The zero-order chi connectivity index (χ0) is 15.1. The Balaban J connectivity index is 1.53. The van der Waals surface area contributed by atoms with Gasteiger partial charge in [0.2, 0.25) is 5.16 Å². The van der Waals surface area contributed by atoms with Gasteiger partial charge in [-0.2, -0.15) is 0 Å². The van der Waals surface area contributed by atoms with Crippen LogP contribution in [0.5, 0.6) is 0 Å². The summed E-state index contributed by atoms with van der Waals surface area (Å²) in [6.45, 7) is -0.243. The number of fused-ring (bicyclic) bond motifs is 1. The summed E-state index contributed by atoms with van der Waals surface area (Å²) in [4.78, 5) is 4.37. The van der Waals surface area contributed by atoms with Crippen LogP contribution in [0.15, 0.2) is 35.5 Å². The van der Waals surface area contributed by atoms with Gasteiger partial charge in [-0.15, -0.1) is 5.10 Å². The minimum absolute atomic E-state index is 0.0759. The van der Waals surface area contributed by atoms with Crippen LogP contribution in [-0.2, 0) is 0 Å². The van der Waals surface area contributed by atoms with Crippen LogP contribution in [-0.4, -0.2) is 26.7 Å². The molecule has 0 N–H and O–H groups in total. The molecule has 0 amide bonds. The van der Waals surface area contributed by atoms with E-state index in [0.717, 1.165) is 18.4 Å². The summed E-state index contributed by atoms with van der Waals surface area (Å²) < 4.78 is 28.4. The molecule has 1 aliphatic carbocycles. The number of rotatable bonds is 4. The van der Waals surface area contributed by atoms with E-state index < -0.39 is 6.17 Å². The first-order valence-electron chi connectivity index (χ1n) is 7.62. The van der Waals surface area contributed by atoms with Gasteiger partial charge in [0, 0.05) is 11.7 Å². The van der Waals surface area contributed by atoms with Gasteiger partial charge in [0.25, 0.3) is 0 Å². The number of alkyl halides is 2. The average molecular weight is 321 g/mol. The Hall–Kier alpha value is -1.43. The summed E-state index contributed by atoms with van der Waals surface area (Å²) in [6.07, 6.45) is 1.07. The first-order chi connectivity index (χ1) is 10.7. The van der Waals surface area contributed by atoms with E-state index in [2.05, 4.69) is 10.1 Å². The SMILES string of the molecule is FCC1CC(Sc2nc3n(n2)C(c2ccccc2)CC3F)C1. The van der Waals surface area contributed by atoms with Gasteiger partial charge in [-0.1, -0.05) is 42.1 Å². The van der Waals surface area contributed by atoms with Crippen molar-refractivity contribution < 1.29 is 8.78 Å². The number of hydrogen-bond acceptors (Lipinski definition) is 3. The van der Waals surface area contributed by atoms with Gasteiger partial charge >= 0.3 is 0 Å². The van der Waals surface area contributed by atoms with Gasteiger partial charge in [0.15, 0.2) is 12.0 Å². The van der Waals surface area contributed by atoms with Crippen molar-refractivity contribution in [3.8, 4) is 0 Å². The van der Waals surface area contributed by atoms with Crippen molar-refractivity contribution >= 4 is 11.8 Å². The van der Waals surface area contributed by atoms with E-state index in [1.807, 2.05) is 30.3 Å². The Kier molecular flexibility index (Phi) is 3.64. The summed E-state index contributed by atoms with van der Waals surface area (Å²) in [5.41, 5.74) is 1.06. The predicted octanol–water partition coefficient (Wildman–Crippen LogP) is 4.12. The molecule has 6 heteroatoms. The lowest BCUT2D eigenvalue weighted by atomic mass is 9.86. The van der Waals surface area contributed by atoms with Crippen molar-refractivity contribution in [2.75, 3.05) is 6.67 Å². The molecule has 1 aliphatic heterocycles. The standard InChI is InChI=1S/C16H17F2N3S/c17-9-10-6-12(7-10)22-16-19-15-13(18)8-14(21(15)20-16)11-4-2-1-3-5-11/h1-5,10,12-14H,6-9H2. The highest BCUT2D eigenvalue weighted by Crippen LogP contribution is 2.43. The molecule has 22 heavy (non-hydrogen) atoms. The van der Waals surface area contributed by atoms with Crippen LogP contribution in [0.25, 0.3) is 0 Å². The molecule has 2 aliphatic rings. The van der Waals surface area contributed by atoms with Gasteiger partial charge in [-0.25, -0.2) is 14.1 Å². The van der Waals surface area contributed by atoms with E-state index >= 15 is 0 Å². The molecule has 1 saturated carbocycles. The number of halogens is 2. The predicted molar refractivity (Wildman–Crippen MR) is 81.4 cm³/mol. The van der Waals surface area contributed by atoms with Crippen LogP contribution in [0.1, 0.15) is 42.9 Å². The maximum Gasteiger partial charge on any atom is 0.209 e. The normalized spacial score (nSPS) is 30.1. The van der Waals surface area contributed by atoms with Crippen molar-refractivity contribution in [2.24, 2.45) is 5.92 Å². The van der Waals surface area contributed by atoms with E-state index in [1.165, 1.54) is 0 Å². The lowest BCUT2D eigenvalue weighted by Crippen LogP contribution is -2.27. The van der Waals surface area contributed by atoms with Crippen LogP contribution in [0.3, 0.4) is 0 Å². The van der Waals surface area contributed by atoms with E-state index in [1.54, 1.807) is 16.4 Å². The Labute approximate surface area is 132 Å². The first kappa shape index (κ1) is 14.2. The Bertz CT molecular complexity index is 655. The van der Waals surface area contributed by atoms with Crippen molar-refractivity contribution in [1.82, 2.24) is 14.8 Å². The molecule has 1 aromatic carbocycles. The van der Waals surface area contributed by atoms with Crippen LogP contribution < -0.4 is 0 Å². The molecule has 3 nitrogen and oxygen atoms in total. The number of nitrogens with zero attached hydrogens (tertiary/aromatic N) is 3. The van der Waals surface area contributed by atoms with E-state index in [4.69, 9.17) is 0 Å². The Morgan fingerprint density at radius 2 is 1.95 bits per heavy atom. The highest BCUT2D eigenvalue weighted by Gasteiger charge is 2.37. The summed E-state index contributed by atoms with van der Waals surface area (Å²) in [7, 11) is 0. The van der Waals surface area contributed by atoms with Crippen LogP contribution in [0, 0.1) is 5.92 Å². The maximum absolute atomic E-state index is 14.2. The molecule has 4 rings (SSSR count). The topological polar surface area (TPSA) is 30.7 Å². The van der Waals surface area contributed by atoms with Crippen molar-refractivity contribution in [3.63, 3.8) is 0 Å². The molecular weight excluding hydrogens is 304 g/mol. The fourth-order valence-electron chi connectivity index (χ4n) is 3.21. The van der Waals surface area contributed by atoms with E-state index in [9.17, 15) is 8.78 Å². The molecule has 1 fully saturated rings. The van der Waals surface area contributed by atoms with Crippen LogP contribution in [0.2, 0.25) is 0 Å². The number of hydrogen-bond donors (Lipinski definition) is 0. The fourth-order valence-corrected chi connectivity index (χ4v) is 4.52. The lowest BCUT2D eigenvalue weighted by Gasteiger charge is -2.31. The minimum atomic E-state index is -1.06. The van der Waals surface area contributed by atoms with E-state index in [0.29, 0.717) is 22.7 Å². The van der Waals surface area contributed by atoms with Crippen molar-refractivity contribution in [3.05, 3.63) is 41.7 Å². The summed E-state index contributed by atoms with van der Waals surface area (Å²) in [5.74, 6) is 0.621. The van der Waals surface area contributed by atoms with Gasteiger partial charge in [0.1, 0.15) is 0 Å². The summed E-state index contributed by atoms with van der Waals surface area (Å²) in [6, 6.07) is 9.79. The smallest absolute Gasteiger partial charge is 0.209 e. The largest absolute Gasteiger partial charge is 0.251 e. The average Bonchev–Trinajstić information content (AvgIpc) is 3.04. The molecule has 1 aromatic heterocycles. The molecule has 2 aromatic rings. The molecule has 116 valence electrons.